The molecule has 0 amide bonds. The van der Waals surface area contributed by atoms with Gasteiger partial charge in [-0.15, -0.1) is 0 Å². The van der Waals surface area contributed by atoms with E-state index >= 15 is 0 Å². The van der Waals surface area contributed by atoms with Crippen LogP contribution in [-0.4, -0.2) is 42.1 Å². The molecular formula is C14H18N4O2. The molecule has 2 aliphatic rings. The molecule has 4 rings (SSSR count). The normalized spacial score (nSPS) is 20.7. The minimum Gasteiger partial charge on any atom is -0.408 e. The van der Waals surface area contributed by atoms with Crippen LogP contribution in [0.4, 0.5) is 11.4 Å². The van der Waals surface area contributed by atoms with E-state index in [4.69, 9.17) is 10.2 Å². The van der Waals surface area contributed by atoms with Crippen LogP contribution in [0.2, 0.25) is 0 Å². The van der Waals surface area contributed by atoms with Gasteiger partial charge in [-0.25, -0.2) is 4.79 Å². The molecule has 6 nitrogen and oxygen atoms in total. The van der Waals surface area contributed by atoms with Gasteiger partial charge >= 0.3 is 5.76 Å². The highest BCUT2D eigenvalue weighted by atomic mass is 16.4. The number of nitrogen functional groups attached to an aromatic ring is 1. The Morgan fingerprint density at radius 1 is 1.20 bits per heavy atom. The third kappa shape index (κ3) is 1.96. The number of H-pyrrole nitrogens is 1. The zero-order valence-corrected chi connectivity index (χ0v) is 11.3. The third-order valence-electron chi connectivity index (χ3n) is 4.29. The van der Waals surface area contributed by atoms with E-state index in [-0.39, 0.29) is 0 Å². The summed E-state index contributed by atoms with van der Waals surface area (Å²) < 4.78 is 5.03. The maximum Gasteiger partial charge on any atom is 0.417 e. The highest BCUT2D eigenvalue weighted by Gasteiger charge is 2.31. The van der Waals surface area contributed by atoms with Crippen molar-refractivity contribution in [3.05, 3.63) is 22.7 Å². The predicted molar refractivity (Wildman–Crippen MR) is 78.1 cm³/mol. The monoisotopic (exact) mass is 274 g/mol. The first-order chi connectivity index (χ1) is 9.70. The molecule has 0 spiro atoms. The first-order valence-corrected chi connectivity index (χ1v) is 7.12. The number of piperazine rings is 1. The summed E-state index contributed by atoms with van der Waals surface area (Å²) >= 11 is 0. The average Bonchev–Trinajstić information content (AvgIpc) is 3.21. The number of nitrogens with zero attached hydrogens (tertiary/aromatic N) is 2. The number of aromatic nitrogens is 1. The van der Waals surface area contributed by atoms with E-state index in [1.54, 1.807) is 6.07 Å². The van der Waals surface area contributed by atoms with E-state index in [0.29, 0.717) is 16.8 Å². The number of benzene rings is 1. The van der Waals surface area contributed by atoms with E-state index in [0.717, 1.165) is 37.9 Å². The van der Waals surface area contributed by atoms with Crippen LogP contribution < -0.4 is 16.4 Å². The number of aromatic amines is 1. The molecule has 106 valence electrons. The molecule has 2 aromatic rings. The summed E-state index contributed by atoms with van der Waals surface area (Å²) in [5.74, 6) is -0.435. The number of rotatable bonds is 2. The van der Waals surface area contributed by atoms with E-state index in [2.05, 4.69) is 14.8 Å². The lowest BCUT2D eigenvalue weighted by atomic mass is 10.2. The second-order valence-electron chi connectivity index (χ2n) is 5.68. The second kappa shape index (κ2) is 4.28. The van der Waals surface area contributed by atoms with Gasteiger partial charge in [-0.2, -0.15) is 0 Å². The molecular weight excluding hydrogens is 256 g/mol. The Balaban J connectivity index is 1.61. The maximum atomic E-state index is 11.2. The molecule has 1 saturated heterocycles. The lowest BCUT2D eigenvalue weighted by molar-refractivity contribution is 0.248. The zero-order chi connectivity index (χ0) is 13.7. The Kier molecular flexibility index (Phi) is 2.53. The van der Waals surface area contributed by atoms with Crippen molar-refractivity contribution in [1.82, 2.24) is 9.88 Å². The number of hydrogen-bond donors (Lipinski definition) is 2. The summed E-state index contributed by atoms with van der Waals surface area (Å²) in [5.41, 5.74) is 8.99. The van der Waals surface area contributed by atoms with Gasteiger partial charge in [0.2, 0.25) is 0 Å². The highest BCUT2D eigenvalue weighted by Crippen LogP contribution is 2.31. The van der Waals surface area contributed by atoms with Crippen molar-refractivity contribution in [3.8, 4) is 0 Å². The topological polar surface area (TPSA) is 78.5 Å². The summed E-state index contributed by atoms with van der Waals surface area (Å²) in [7, 11) is 0. The Labute approximate surface area is 116 Å². The van der Waals surface area contributed by atoms with Gasteiger partial charge in [-0.1, -0.05) is 0 Å². The number of nitrogens with one attached hydrogen (secondary N) is 1. The lowest BCUT2D eigenvalue weighted by Gasteiger charge is -2.36. The Hall–Kier alpha value is -1.95. The van der Waals surface area contributed by atoms with Crippen molar-refractivity contribution in [2.75, 3.05) is 36.8 Å². The number of nitrogens with two attached hydrogens (primary N) is 1. The molecule has 2 heterocycles. The number of fused-ring (bicyclic) bond motifs is 1. The fraction of sp³-hybridized carbons (Fsp3) is 0.500. The van der Waals surface area contributed by atoms with Crippen LogP contribution in [0.15, 0.2) is 21.3 Å². The Morgan fingerprint density at radius 2 is 1.95 bits per heavy atom. The first-order valence-electron chi connectivity index (χ1n) is 7.12. The van der Waals surface area contributed by atoms with Crippen molar-refractivity contribution in [1.29, 1.82) is 0 Å². The Bertz CT molecular complexity index is 693. The molecule has 1 aromatic carbocycles. The average molecular weight is 274 g/mol. The van der Waals surface area contributed by atoms with Crippen LogP contribution >= 0.6 is 0 Å². The molecule has 0 atom stereocenters. The first kappa shape index (κ1) is 11.8. The van der Waals surface area contributed by atoms with Gasteiger partial charge < -0.3 is 15.1 Å². The van der Waals surface area contributed by atoms with Crippen LogP contribution in [0.5, 0.6) is 0 Å². The van der Waals surface area contributed by atoms with Crippen molar-refractivity contribution < 1.29 is 4.42 Å². The summed E-state index contributed by atoms with van der Waals surface area (Å²) in [6.07, 6.45) is 2.70. The summed E-state index contributed by atoms with van der Waals surface area (Å²) in [4.78, 5) is 18.8. The summed E-state index contributed by atoms with van der Waals surface area (Å²) in [6.45, 7) is 4.14. The number of anilines is 2. The standard InChI is InChI=1S/C14H18N4O2/c15-10-7-13-11(16-14(19)20-13)8-12(10)18-5-3-17(4-6-18)9-1-2-9/h7-9H,1-6,15H2,(H,16,19). The molecule has 1 aliphatic carbocycles. The Morgan fingerprint density at radius 3 is 2.65 bits per heavy atom. The molecule has 0 unspecified atom stereocenters. The van der Waals surface area contributed by atoms with Crippen LogP contribution in [0.3, 0.4) is 0 Å². The molecule has 6 heteroatoms. The quantitative estimate of drug-likeness (QED) is 0.798. The van der Waals surface area contributed by atoms with Gasteiger partial charge in [0.15, 0.2) is 5.58 Å². The van der Waals surface area contributed by atoms with E-state index < -0.39 is 5.76 Å². The molecule has 20 heavy (non-hydrogen) atoms. The largest absolute Gasteiger partial charge is 0.417 e. The minimum absolute atomic E-state index is 0.435. The molecule has 2 fully saturated rings. The van der Waals surface area contributed by atoms with Gasteiger partial charge in [0.1, 0.15) is 0 Å². The fourth-order valence-electron chi connectivity index (χ4n) is 3.04. The smallest absolute Gasteiger partial charge is 0.408 e. The number of hydrogen-bond acceptors (Lipinski definition) is 5. The molecule has 1 saturated carbocycles. The van der Waals surface area contributed by atoms with Crippen LogP contribution in [0.25, 0.3) is 11.1 Å². The lowest BCUT2D eigenvalue weighted by Crippen LogP contribution is -2.47. The van der Waals surface area contributed by atoms with Crippen LogP contribution in [0.1, 0.15) is 12.8 Å². The molecule has 0 radical (unpaired) electrons. The maximum absolute atomic E-state index is 11.2. The van der Waals surface area contributed by atoms with E-state index in [1.165, 1.54) is 12.8 Å². The zero-order valence-electron chi connectivity index (χ0n) is 11.3. The van der Waals surface area contributed by atoms with Crippen LogP contribution in [0, 0.1) is 0 Å². The summed E-state index contributed by atoms with van der Waals surface area (Å²) in [6, 6.07) is 4.47. The van der Waals surface area contributed by atoms with Gasteiger partial charge in [-0.3, -0.25) is 9.88 Å². The van der Waals surface area contributed by atoms with Gasteiger partial charge in [0, 0.05) is 38.3 Å². The third-order valence-corrected chi connectivity index (χ3v) is 4.29. The van der Waals surface area contributed by atoms with E-state index in [9.17, 15) is 4.79 Å². The predicted octanol–water partition coefficient (Wildman–Crippen LogP) is 0.988. The summed E-state index contributed by atoms with van der Waals surface area (Å²) in [5, 5.41) is 0. The van der Waals surface area contributed by atoms with Crippen molar-refractivity contribution in [3.63, 3.8) is 0 Å². The van der Waals surface area contributed by atoms with Crippen LogP contribution in [-0.2, 0) is 0 Å². The number of oxazole rings is 1. The second-order valence-corrected chi connectivity index (χ2v) is 5.68. The molecule has 3 N–H and O–H groups in total. The highest BCUT2D eigenvalue weighted by molar-refractivity contribution is 5.85. The molecule has 1 aliphatic heterocycles. The molecule has 0 bridgehead atoms. The SMILES string of the molecule is Nc1cc2oc(=O)[nH]c2cc1N1CCN(C2CC2)CC1. The van der Waals surface area contributed by atoms with Gasteiger partial charge in [0.05, 0.1) is 16.9 Å². The van der Waals surface area contributed by atoms with E-state index in [1.807, 2.05) is 6.07 Å². The fourth-order valence-corrected chi connectivity index (χ4v) is 3.04. The van der Waals surface area contributed by atoms with Crippen molar-refractivity contribution in [2.45, 2.75) is 18.9 Å². The minimum atomic E-state index is -0.435. The van der Waals surface area contributed by atoms with Gasteiger partial charge in [0.25, 0.3) is 0 Å². The molecule has 1 aromatic heterocycles. The van der Waals surface area contributed by atoms with Gasteiger partial charge in [-0.05, 0) is 18.9 Å². The van der Waals surface area contributed by atoms with Crippen molar-refractivity contribution >= 4 is 22.5 Å². The van der Waals surface area contributed by atoms with Crippen molar-refractivity contribution in [2.24, 2.45) is 0 Å².